The van der Waals surface area contributed by atoms with Gasteiger partial charge in [-0.05, 0) is 68.5 Å². The van der Waals surface area contributed by atoms with Crippen molar-refractivity contribution in [2.45, 2.75) is 5.92 Å². The molecule has 38 heavy (non-hydrogen) atoms. The number of fused-ring (bicyclic) bond motifs is 2. The third-order valence-corrected chi connectivity index (χ3v) is 10.0. The zero-order valence-corrected chi connectivity index (χ0v) is 21.9. The Morgan fingerprint density at radius 1 is 0.474 bits per heavy atom. The van der Waals surface area contributed by atoms with Crippen molar-refractivity contribution < 1.29 is 0 Å². The highest BCUT2D eigenvalue weighted by Gasteiger charge is 2.33. The van der Waals surface area contributed by atoms with Gasteiger partial charge in [0.15, 0.2) is 0 Å². The zero-order valence-electron chi connectivity index (χ0n) is 21.0. The van der Waals surface area contributed by atoms with E-state index in [4.69, 9.17) is 0 Å². The molecule has 7 rings (SSSR count). The van der Waals surface area contributed by atoms with E-state index in [1.54, 1.807) is 0 Å². The highest BCUT2D eigenvalue weighted by atomic mass is 31.1. The molecule has 1 aliphatic rings. The van der Waals surface area contributed by atoms with Crippen LogP contribution >= 0.6 is 7.92 Å². The molecule has 1 atom stereocenters. The number of hydrogen-bond donors (Lipinski definition) is 0. The first-order valence-electron chi connectivity index (χ1n) is 13.2. The lowest BCUT2D eigenvalue weighted by molar-refractivity contribution is 1.09. The molecule has 0 aromatic heterocycles. The van der Waals surface area contributed by atoms with Crippen LogP contribution < -0.4 is 15.9 Å². The number of hydrogen-bond acceptors (Lipinski definition) is 0. The van der Waals surface area contributed by atoms with Crippen molar-refractivity contribution in [3.05, 3.63) is 174 Å². The Morgan fingerprint density at radius 3 is 1.76 bits per heavy atom. The van der Waals surface area contributed by atoms with Crippen LogP contribution in [-0.4, -0.2) is 0 Å². The van der Waals surface area contributed by atoms with E-state index >= 15 is 0 Å². The second-order valence-electron chi connectivity index (χ2n) is 9.75. The minimum atomic E-state index is -0.761. The van der Waals surface area contributed by atoms with E-state index < -0.39 is 7.92 Å². The lowest BCUT2D eigenvalue weighted by atomic mass is 9.83. The molecule has 6 aromatic carbocycles. The fraction of sp³-hybridized carbons (Fsp3) is 0.0270. The summed E-state index contributed by atoms with van der Waals surface area (Å²) in [4.78, 5) is 0. The van der Waals surface area contributed by atoms with Gasteiger partial charge in [-0.1, -0.05) is 152 Å². The Morgan fingerprint density at radius 2 is 1.05 bits per heavy atom. The van der Waals surface area contributed by atoms with Gasteiger partial charge < -0.3 is 0 Å². The molecule has 0 N–H and O–H groups in total. The first-order valence-corrected chi connectivity index (χ1v) is 14.5. The molecule has 180 valence electrons. The molecule has 0 amide bonds. The molecule has 6 aromatic rings. The predicted octanol–water partition coefficient (Wildman–Crippen LogP) is 8.28. The molecule has 0 spiro atoms. The van der Waals surface area contributed by atoms with Crippen molar-refractivity contribution >= 4 is 46.3 Å². The summed E-state index contributed by atoms with van der Waals surface area (Å²) in [5.41, 5.74) is 6.80. The van der Waals surface area contributed by atoms with Crippen LogP contribution in [0.2, 0.25) is 0 Å². The van der Waals surface area contributed by atoms with Gasteiger partial charge in [0.05, 0.1) is 0 Å². The molecule has 0 bridgehead atoms. The summed E-state index contributed by atoms with van der Waals surface area (Å²) in [5, 5.41) is 6.81. The molecule has 0 aliphatic heterocycles. The van der Waals surface area contributed by atoms with Gasteiger partial charge >= 0.3 is 0 Å². The summed E-state index contributed by atoms with van der Waals surface area (Å²) in [5.74, 6) is 0.159. The smallest absolute Gasteiger partial charge is 0.0364 e. The number of allylic oxidation sites excluding steroid dienone is 1. The van der Waals surface area contributed by atoms with Crippen LogP contribution in [0.4, 0.5) is 0 Å². The standard InChI is InChI=1S/C37H27P/c1-4-14-27(15-5-1)34-26-29-17-11-13-23-33(29)36(34)37-32-22-12-10-16-28(32)24-25-35(37)38(30-18-6-2-7-19-30)31-20-8-3-9-21-31/h1-26,36H. The summed E-state index contributed by atoms with van der Waals surface area (Å²) in [6.07, 6.45) is 2.41. The van der Waals surface area contributed by atoms with Crippen LogP contribution in [0.5, 0.6) is 0 Å². The van der Waals surface area contributed by atoms with Gasteiger partial charge in [-0.3, -0.25) is 0 Å². The normalized spacial score (nSPS) is 14.4. The van der Waals surface area contributed by atoms with Crippen molar-refractivity contribution in [1.29, 1.82) is 0 Å². The molecule has 0 nitrogen and oxygen atoms in total. The van der Waals surface area contributed by atoms with E-state index in [2.05, 4.69) is 158 Å². The predicted molar refractivity (Wildman–Crippen MR) is 165 cm³/mol. The molecular weight excluding hydrogens is 475 g/mol. The van der Waals surface area contributed by atoms with Gasteiger partial charge in [0.25, 0.3) is 0 Å². The van der Waals surface area contributed by atoms with Crippen molar-refractivity contribution in [2.75, 3.05) is 0 Å². The molecule has 0 fully saturated rings. The Balaban J connectivity index is 1.56. The Labute approximate surface area is 225 Å². The van der Waals surface area contributed by atoms with E-state index in [-0.39, 0.29) is 5.92 Å². The Bertz CT molecular complexity index is 1710. The lowest BCUT2D eigenvalue weighted by Crippen LogP contribution is -2.25. The second kappa shape index (κ2) is 9.90. The monoisotopic (exact) mass is 502 g/mol. The third-order valence-electron chi connectivity index (χ3n) is 7.54. The average molecular weight is 503 g/mol. The maximum Gasteiger partial charge on any atom is 0.0364 e. The van der Waals surface area contributed by atoms with Crippen LogP contribution in [0, 0.1) is 0 Å². The number of benzene rings is 6. The number of rotatable bonds is 5. The van der Waals surface area contributed by atoms with Crippen molar-refractivity contribution in [3.8, 4) is 0 Å². The van der Waals surface area contributed by atoms with Crippen LogP contribution in [-0.2, 0) is 0 Å². The molecule has 0 saturated heterocycles. The largest absolute Gasteiger partial charge is 0.0622 e. The second-order valence-corrected chi connectivity index (χ2v) is 11.9. The van der Waals surface area contributed by atoms with Gasteiger partial charge in [-0.25, -0.2) is 0 Å². The molecule has 1 heteroatoms. The fourth-order valence-electron chi connectivity index (χ4n) is 5.88. The Hall–Kier alpha value is -4.25. The molecule has 1 aliphatic carbocycles. The minimum absolute atomic E-state index is 0.159. The van der Waals surface area contributed by atoms with Crippen LogP contribution in [0.25, 0.3) is 22.4 Å². The van der Waals surface area contributed by atoms with E-state index in [1.165, 1.54) is 54.5 Å². The lowest BCUT2D eigenvalue weighted by Gasteiger charge is -2.28. The summed E-state index contributed by atoms with van der Waals surface area (Å²) in [7, 11) is -0.761. The first kappa shape index (κ1) is 22.9. The maximum atomic E-state index is 2.41. The first-order chi connectivity index (χ1) is 18.9. The summed E-state index contributed by atoms with van der Waals surface area (Å²) >= 11 is 0. The molecule has 0 radical (unpaired) electrons. The zero-order chi connectivity index (χ0) is 25.3. The summed E-state index contributed by atoms with van der Waals surface area (Å²) in [6.45, 7) is 0. The SMILES string of the molecule is C1=C(c2ccccc2)C(c2c(P(c3ccccc3)c3ccccc3)ccc3ccccc23)c2ccccc21. The van der Waals surface area contributed by atoms with Crippen molar-refractivity contribution in [1.82, 2.24) is 0 Å². The molecular formula is C37H27P. The third kappa shape index (κ3) is 3.99. The summed E-state index contributed by atoms with van der Waals surface area (Å²) < 4.78 is 0. The quantitative estimate of drug-likeness (QED) is 0.208. The Kier molecular flexibility index (Phi) is 5.97. The fourth-order valence-corrected chi connectivity index (χ4v) is 8.39. The van der Waals surface area contributed by atoms with Crippen molar-refractivity contribution in [3.63, 3.8) is 0 Å². The minimum Gasteiger partial charge on any atom is -0.0622 e. The average Bonchev–Trinajstić information content (AvgIpc) is 3.38. The molecule has 0 saturated carbocycles. The highest BCUT2D eigenvalue weighted by Crippen LogP contribution is 2.49. The van der Waals surface area contributed by atoms with Crippen LogP contribution in [0.1, 0.15) is 28.2 Å². The molecule has 0 heterocycles. The van der Waals surface area contributed by atoms with Crippen LogP contribution in [0.15, 0.2) is 152 Å². The van der Waals surface area contributed by atoms with E-state index in [0.29, 0.717) is 0 Å². The van der Waals surface area contributed by atoms with Gasteiger partial charge in [0.2, 0.25) is 0 Å². The van der Waals surface area contributed by atoms with Gasteiger partial charge in [0.1, 0.15) is 0 Å². The van der Waals surface area contributed by atoms with Crippen LogP contribution in [0.3, 0.4) is 0 Å². The van der Waals surface area contributed by atoms with E-state index in [1.807, 2.05) is 0 Å². The highest BCUT2D eigenvalue weighted by molar-refractivity contribution is 7.80. The topological polar surface area (TPSA) is 0 Å². The summed E-state index contributed by atoms with van der Waals surface area (Å²) in [6, 6.07) is 55.6. The maximum absolute atomic E-state index is 2.41. The van der Waals surface area contributed by atoms with Gasteiger partial charge in [-0.15, -0.1) is 0 Å². The van der Waals surface area contributed by atoms with E-state index in [9.17, 15) is 0 Å². The van der Waals surface area contributed by atoms with Gasteiger partial charge in [-0.2, -0.15) is 0 Å². The van der Waals surface area contributed by atoms with Crippen molar-refractivity contribution in [2.24, 2.45) is 0 Å². The molecule has 1 unspecified atom stereocenters. The van der Waals surface area contributed by atoms with E-state index in [0.717, 1.165) is 0 Å². The van der Waals surface area contributed by atoms with Gasteiger partial charge in [0, 0.05) is 5.92 Å².